The molecule has 0 aliphatic carbocycles. The summed E-state index contributed by atoms with van der Waals surface area (Å²) in [4.78, 5) is 38.5. The topological polar surface area (TPSA) is 93.7 Å². The summed E-state index contributed by atoms with van der Waals surface area (Å²) in [6.45, 7) is 8.86. The van der Waals surface area contributed by atoms with Crippen LogP contribution < -0.4 is 10.6 Å². The van der Waals surface area contributed by atoms with Crippen LogP contribution in [0.3, 0.4) is 0 Å². The Morgan fingerprint density at radius 3 is 2.07 bits per heavy atom. The summed E-state index contributed by atoms with van der Waals surface area (Å²) >= 11 is 0. The van der Waals surface area contributed by atoms with E-state index in [1.54, 1.807) is 0 Å². The van der Waals surface area contributed by atoms with Crippen LogP contribution in [0.25, 0.3) is 0 Å². The molecular weight excluding hydrogens is 540 g/mol. The molecule has 0 radical (unpaired) electrons. The van der Waals surface area contributed by atoms with E-state index in [1.807, 2.05) is 44.2 Å². The number of urea groups is 1. The summed E-state index contributed by atoms with van der Waals surface area (Å²) < 4.78 is 11.7. The summed E-state index contributed by atoms with van der Waals surface area (Å²) in [6, 6.07) is 8.55. The third kappa shape index (κ3) is 15.6. The Bertz CT molecular complexity index is 906. The standard InChI is InChI=1S/C36H60N2O5/c1-5-7-9-11-12-13-14-15-19-23-30(26-33-31(34(39)43-33)24-20-10-8-6-2)42-35(40)32(25-28(3)4)38-36(41)37-27-29-21-17-16-18-22-29/h16-18,21-22,28,30-33H,5-15,19-20,23-27H2,1-4H3,(H2,37,38,41)/t30?,31-,32?,33-/m1/s1. The third-order valence-corrected chi connectivity index (χ3v) is 8.39. The number of carbonyl (C=O) groups is 3. The van der Waals surface area contributed by atoms with Gasteiger partial charge in [-0.25, -0.2) is 9.59 Å². The Kier molecular flexibility index (Phi) is 18.7. The van der Waals surface area contributed by atoms with Gasteiger partial charge in [-0.3, -0.25) is 4.79 Å². The lowest BCUT2D eigenvalue weighted by Gasteiger charge is -2.37. The molecule has 1 heterocycles. The fourth-order valence-corrected chi connectivity index (χ4v) is 5.79. The maximum absolute atomic E-state index is 13.5. The molecule has 0 aromatic heterocycles. The number of amides is 2. The number of cyclic esters (lactones) is 1. The molecule has 43 heavy (non-hydrogen) atoms. The Balaban J connectivity index is 1.94. The van der Waals surface area contributed by atoms with E-state index in [4.69, 9.17) is 9.47 Å². The van der Waals surface area contributed by atoms with E-state index < -0.39 is 12.0 Å². The van der Waals surface area contributed by atoms with Crippen molar-refractivity contribution in [1.82, 2.24) is 10.6 Å². The Hall–Kier alpha value is -2.57. The minimum absolute atomic E-state index is 0.102. The lowest BCUT2D eigenvalue weighted by atomic mass is 9.86. The highest BCUT2D eigenvalue weighted by Crippen LogP contribution is 2.33. The zero-order valence-electron chi connectivity index (χ0n) is 27.5. The van der Waals surface area contributed by atoms with Crippen molar-refractivity contribution in [1.29, 1.82) is 0 Å². The number of carbonyl (C=O) groups excluding carboxylic acids is 3. The molecule has 0 spiro atoms. The monoisotopic (exact) mass is 600 g/mol. The van der Waals surface area contributed by atoms with E-state index >= 15 is 0 Å². The van der Waals surface area contributed by atoms with Crippen LogP contribution in [0.5, 0.6) is 0 Å². The van der Waals surface area contributed by atoms with E-state index in [0.717, 1.165) is 50.5 Å². The number of esters is 2. The van der Waals surface area contributed by atoms with Gasteiger partial charge in [-0.2, -0.15) is 0 Å². The molecule has 1 aliphatic rings. The quantitative estimate of drug-likeness (QED) is 0.0915. The van der Waals surface area contributed by atoms with Crippen LogP contribution in [-0.2, 0) is 25.6 Å². The second-order valence-corrected chi connectivity index (χ2v) is 12.8. The highest BCUT2D eigenvalue weighted by Gasteiger charge is 2.43. The molecule has 1 aromatic rings. The Morgan fingerprint density at radius 1 is 0.860 bits per heavy atom. The van der Waals surface area contributed by atoms with E-state index in [-0.39, 0.29) is 36.0 Å². The SMILES string of the molecule is CCCCCCCCCCCC(C[C@H]1OC(=O)[C@@H]1CCCCCC)OC(=O)C(CC(C)C)NC(=O)NCc1ccccc1. The van der Waals surface area contributed by atoms with Crippen LogP contribution >= 0.6 is 0 Å². The molecule has 4 atom stereocenters. The van der Waals surface area contributed by atoms with Gasteiger partial charge in [-0.1, -0.05) is 135 Å². The van der Waals surface area contributed by atoms with Crippen molar-refractivity contribution in [3.63, 3.8) is 0 Å². The van der Waals surface area contributed by atoms with Crippen molar-refractivity contribution >= 4 is 18.0 Å². The van der Waals surface area contributed by atoms with E-state index in [1.165, 1.54) is 51.4 Å². The van der Waals surface area contributed by atoms with Gasteiger partial charge < -0.3 is 20.1 Å². The van der Waals surface area contributed by atoms with Gasteiger partial charge in [0, 0.05) is 13.0 Å². The van der Waals surface area contributed by atoms with Crippen molar-refractivity contribution in [2.75, 3.05) is 0 Å². The van der Waals surface area contributed by atoms with Crippen molar-refractivity contribution in [3.8, 4) is 0 Å². The number of hydrogen-bond acceptors (Lipinski definition) is 5. The maximum Gasteiger partial charge on any atom is 0.328 e. The second-order valence-electron chi connectivity index (χ2n) is 12.8. The second kappa shape index (κ2) is 22.0. The summed E-state index contributed by atoms with van der Waals surface area (Å²) in [5.74, 6) is -0.434. The van der Waals surface area contributed by atoms with Gasteiger partial charge in [-0.05, 0) is 37.2 Å². The first-order chi connectivity index (χ1) is 20.8. The number of benzene rings is 1. The number of hydrogen-bond donors (Lipinski definition) is 2. The van der Waals surface area contributed by atoms with Crippen molar-refractivity contribution in [2.45, 2.75) is 162 Å². The average Bonchev–Trinajstić information content (AvgIpc) is 2.98. The van der Waals surface area contributed by atoms with Gasteiger partial charge in [0.1, 0.15) is 18.2 Å². The average molecular weight is 601 g/mol. The van der Waals surface area contributed by atoms with Crippen LogP contribution in [0.2, 0.25) is 0 Å². The first-order valence-corrected chi connectivity index (χ1v) is 17.3. The number of unbranched alkanes of at least 4 members (excludes halogenated alkanes) is 11. The molecule has 0 bridgehead atoms. The van der Waals surface area contributed by atoms with Crippen LogP contribution in [0.4, 0.5) is 4.79 Å². The van der Waals surface area contributed by atoms with Gasteiger partial charge in [0.2, 0.25) is 0 Å². The maximum atomic E-state index is 13.5. The van der Waals surface area contributed by atoms with Gasteiger partial charge >= 0.3 is 18.0 Å². The van der Waals surface area contributed by atoms with E-state index in [9.17, 15) is 14.4 Å². The minimum Gasteiger partial charge on any atom is -0.461 e. The summed E-state index contributed by atoms with van der Waals surface area (Å²) in [7, 11) is 0. The molecular formula is C36H60N2O5. The Morgan fingerprint density at radius 2 is 1.47 bits per heavy atom. The minimum atomic E-state index is -0.741. The third-order valence-electron chi connectivity index (χ3n) is 8.39. The molecule has 7 nitrogen and oxygen atoms in total. The van der Waals surface area contributed by atoms with Gasteiger partial charge in [-0.15, -0.1) is 0 Å². The Labute approximate surface area is 261 Å². The zero-order chi connectivity index (χ0) is 31.3. The number of rotatable bonds is 24. The largest absolute Gasteiger partial charge is 0.461 e. The summed E-state index contributed by atoms with van der Waals surface area (Å²) in [5.41, 5.74) is 0.987. The molecule has 2 unspecified atom stereocenters. The van der Waals surface area contributed by atoms with Crippen molar-refractivity contribution in [2.24, 2.45) is 11.8 Å². The highest BCUT2D eigenvalue weighted by atomic mass is 16.6. The fraction of sp³-hybridized carbons (Fsp3) is 0.750. The summed E-state index contributed by atoms with van der Waals surface area (Å²) in [6.07, 6.45) is 17.5. The lowest BCUT2D eigenvalue weighted by Crippen LogP contribution is -2.49. The van der Waals surface area contributed by atoms with Gasteiger partial charge in [0.15, 0.2) is 0 Å². The molecule has 2 N–H and O–H groups in total. The molecule has 1 fully saturated rings. The van der Waals surface area contributed by atoms with Gasteiger partial charge in [0.25, 0.3) is 0 Å². The van der Waals surface area contributed by atoms with Gasteiger partial charge in [0.05, 0.1) is 5.92 Å². The van der Waals surface area contributed by atoms with Crippen LogP contribution in [0, 0.1) is 11.8 Å². The smallest absolute Gasteiger partial charge is 0.328 e. The first-order valence-electron chi connectivity index (χ1n) is 17.3. The first kappa shape index (κ1) is 36.6. The molecule has 1 aromatic carbocycles. The zero-order valence-corrected chi connectivity index (χ0v) is 27.5. The molecule has 0 saturated carbocycles. The van der Waals surface area contributed by atoms with Crippen LogP contribution in [-0.4, -0.2) is 36.2 Å². The normalized spacial score (nSPS) is 17.6. The molecule has 7 heteroatoms. The lowest BCUT2D eigenvalue weighted by molar-refractivity contribution is -0.190. The highest BCUT2D eigenvalue weighted by molar-refractivity contribution is 5.83. The molecule has 1 saturated heterocycles. The molecule has 1 aliphatic heterocycles. The molecule has 2 rings (SSSR count). The molecule has 2 amide bonds. The van der Waals surface area contributed by atoms with Crippen molar-refractivity contribution in [3.05, 3.63) is 35.9 Å². The van der Waals surface area contributed by atoms with Crippen molar-refractivity contribution < 1.29 is 23.9 Å². The predicted octanol–water partition coefficient (Wildman–Crippen LogP) is 8.64. The van der Waals surface area contributed by atoms with E-state index in [2.05, 4.69) is 24.5 Å². The fourth-order valence-electron chi connectivity index (χ4n) is 5.79. The van der Waals surface area contributed by atoms with E-state index in [0.29, 0.717) is 19.4 Å². The number of ether oxygens (including phenoxy) is 2. The van der Waals surface area contributed by atoms with Crippen LogP contribution in [0.15, 0.2) is 30.3 Å². The van der Waals surface area contributed by atoms with Crippen LogP contribution in [0.1, 0.15) is 142 Å². The summed E-state index contributed by atoms with van der Waals surface area (Å²) in [5, 5.41) is 5.71. The number of nitrogens with one attached hydrogen (secondary N) is 2. The molecule has 244 valence electrons. The predicted molar refractivity (Wildman–Crippen MR) is 174 cm³/mol.